The number of hydrogen-bond donors (Lipinski definition) is 3. The van der Waals surface area contributed by atoms with Crippen LogP contribution in [0.25, 0.3) is 10.9 Å². The molecule has 176 valence electrons. The summed E-state index contributed by atoms with van der Waals surface area (Å²) in [6, 6.07) is 7.49. The first-order valence-corrected chi connectivity index (χ1v) is 11.3. The fourth-order valence-corrected chi connectivity index (χ4v) is 4.46. The van der Waals surface area contributed by atoms with Gasteiger partial charge in [0.1, 0.15) is 17.2 Å². The lowest BCUT2D eigenvalue weighted by Gasteiger charge is -2.36. The summed E-state index contributed by atoms with van der Waals surface area (Å²) in [5.41, 5.74) is 0.790. The molecule has 6 rings (SSSR count). The van der Waals surface area contributed by atoms with Crippen molar-refractivity contribution >= 4 is 28.5 Å². The Hall–Kier alpha value is -3.79. The van der Waals surface area contributed by atoms with Gasteiger partial charge in [0.15, 0.2) is 11.4 Å². The van der Waals surface area contributed by atoms with Crippen LogP contribution in [0, 0.1) is 5.82 Å². The molecule has 0 unspecified atom stereocenters. The van der Waals surface area contributed by atoms with Gasteiger partial charge in [0.25, 0.3) is 11.8 Å². The molecule has 9 nitrogen and oxygen atoms in total. The summed E-state index contributed by atoms with van der Waals surface area (Å²) in [6.07, 6.45) is 2.33. The molecular weight excluding hydrogens is 439 g/mol. The van der Waals surface area contributed by atoms with Gasteiger partial charge in [-0.1, -0.05) is 6.07 Å². The highest BCUT2D eigenvalue weighted by Gasteiger charge is 2.25. The molecule has 5 heterocycles. The van der Waals surface area contributed by atoms with E-state index >= 15 is 0 Å². The van der Waals surface area contributed by atoms with E-state index in [0.717, 1.165) is 32.1 Å². The molecule has 1 aromatic carbocycles. The summed E-state index contributed by atoms with van der Waals surface area (Å²) >= 11 is 0. The maximum Gasteiger partial charge on any atom is 0.274 e. The zero-order valence-electron chi connectivity index (χ0n) is 18.6. The second-order valence-corrected chi connectivity index (χ2v) is 8.45. The summed E-state index contributed by atoms with van der Waals surface area (Å²) < 4.78 is 13.9. The van der Waals surface area contributed by atoms with Gasteiger partial charge in [0.2, 0.25) is 0 Å². The van der Waals surface area contributed by atoms with Gasteiger partial charge >= 0.3 is 0 Å². The number of nitrogens with zero attached hydrogens (tertiary/aromatic N) is 4. The number of anilines is 1. The lowest BCUT2D eigenvalue weighted by Crippen LogP contribution is -2.47. The van der Waals surface area contributed by atoms with E-state index in [1.165, 1.54) is 12.1 Å². The Morgan fingerprint density at radius 3 is 2.65 bits per heavy atom. The van der Waals surface area contributed by atoms with E-state index in [9.17, 15) is 19.1 Å². The van der Waals surface area contributed by atoms with Crippen molar-refractivity contribution < 1.29 is 19.1 Å². The Bertz CT molecular complexity index is 1260. The van der Waals surface area contributed by atoms with E-state index < -0.39 is 17.6 Å². The van der Waals surface area contributed by atoms with Crippen molar-refractivity contribution in [1.29, 1.82) is 0 Å². The topological polar surface area (TPSA) is 111 Å². The van der Waals surface area contributed by atoms with Gasteiger partial charge in [-0.25, -0.2) is 9.37 Å². The van der Waals surface area contributed by atoms with Crippen molar-refractivity contribution in [3.05, 3.63) is 59.2 Å². The quantitative estimate of drug-likeness (QED) is 0.464. The number of benzene rings is 1. The summed E-state index contributed by atoms with van der Waals surface area (Å²) in [4.78, 5) is 39.1. The molecule has 34 heavy (non-hydrogen) atoms. The molecule has 2 amide bonds. The number of fused-ring (bicyclic) bond motifs is 9. The SMILES string of the molecule is O=C1NCCCN2CCN(CC2)c2nc(c(O)c3ncccc23)C(=O)NCc2ccc(F)cc21. The molecule has 2 aromatic heterocycles. The van der Waals surface area contributed by atoms with Crippen molar-refractivity contribution in [2.45, 2.75) is 13.0 Å². The minimum absolute atomic E-state index is 0.0317. The number of piperazine rings is 1. The van der Waals surface area contributed by atoms with Crippen LogP contribution in [0.15, 0.2) is 36.5 Å². The first kappa shape index (κ1) is 22.0. The Morgan fingerprint density at radius 1 is 1.00 bits per heavy atom. The maximum absolute atomic E-state index is 13.9. The number of pyridine rings is 2. The van der Waals surface area contributed by atoms with Crippen molar-refractivity contribution in [3.8, 4) is 5.75 Å². The summed E-state index contributed by atoms with van der Waals surface area (Å²) in [6.45, 7) is 4.27. The van der Waals surface area contributed by atoms with Gasteiger partial charge in [-0.05, 0) is 42.8 Å². The van der Waals surface area contributed by atoms with Gasteiger partial charge in [0, 0.05) is 56.4 Å². The predicted octanol–water partition coefficient (Wildman–Crippen LogP) is 1.66. The van der Waals surface area contributed by atoms with Crippen molar-refractivity contribution in [3.63, 3.8) is 0 Å². The number of amides is 2. The zero-order chi connectivity index (χ0) is 23.7. The molecule has 3 aliphatic heterocycles. The number of halogens is 1. The Labute approximate surface area is 195 Å². The first-order chi connectivity index (χ1) is 16.5. The lowest BCUT2D eigenvalue weighted by molar-refractivity contribution is 0.0930. The lowest BCUT2D eigenvalue weighted by atomic mass is 10.1. The van der Waals surface area contributed by atoms with Crippen LogP contribution in [0.4, 0.5) is 10.2 Å². The fraction of sp³-hybridized carbons (Fsp3) is 0.333. The van der Waals surface area contributed by atoms with Crippen LogP contribution in [0.5, 0.6) is 5.75 Å². The van der Waals surface area contributed by atoms with E-state index in [2.05, 4.69) is 30.4 Å². The second-order valence-electron chi connectivity index (χ2n) is 8.45. The number of nitrogens with one attached hydrogen (secondary N) is 2. The number of hydrogen-bond acceptors (Lipinski definition) is 7. The van der Waals surface area contributed by atoms with Gasteiger partial charge in [-0.2, -0.15) is 0 Å². The third kappa shape index (κ3) is 4.24. The molecule has 1 fully saturated rings. The Balaban J connectivity index is 1.56. The van der Waals surface area contributed by atoms with Crippen molar-refractivity contribution in [1.82, 2.24) is 25.5 Å². The standard InChI is InChI=1S/C24H25FN6O3/c25-16-5-4-15-14-28-24(34)20-21(32)19-17(3-1-6-26-19)22(29-20)31-11-9-30(10-12-31)8-2-7-27-23(33)18(15)13-16/h1,3-6,13,32H,2,7-12,14H2,(H,27,33)(H,28,34). The molecule has 0 radical (unpaired) electrons. The van der Waals surface area contributed by atoms with Gasteiger partial charge in [-0.15, -0.1) is 0 Å². The van der Waals surface area contributed by atoms with Crippen LogP contribution in [0.3, 0.4) is 0 Å². The monoisotopic (exact) mass is 464 g/mol. The van der Waals surface area contributed by atoms with Crippen molar-refractivity contribution in [2.24, 2.45) is 0 Å². The molecule has 0 spiro atoms. The molecule has 3 aliphatic rings. The van der Waals surface area contributed by atoms with Crippen LogP contribution < -0.4 is 15.5 Å². The summed E-state index contributed by atoms with van der Waals surface area (Å²) in [7, 11) is 0. The zero-order valence-corrected chi connectivity index (χ0v) is 18.6. The Morgan fingerprint density at radius 2 is 1.82 bits per heavy atom. The number of carbonyl (C=O) groups is 2. The van der Waals surface area contributed by atoms with Gasteiger partial charge < -0.3 is 20.6 Å². The number of carbonyl (C=O) groups excluding carboxylic acids is 2. The molecule has 1 saturated heterocycles. The van der Waals surface area contributed by atoms with Crippen LogP contribution >= 0.6 is 0 Å². The maximum atomic E-state index is 13.9. The van der Waals surface area contributed by atoms with Crippen LogP contribution in [0.1, 0.15) is 32.8 Å². The van der Waals surface area contributed by atoms with E-state index in [4.69, 9.17) is 0 Å². The van der Waals surface area contributed by atoms with Crippen molar-refractivity contribution in [2.75, 3.05) is 44.2 Å². The smallest absolute Gasteiger partial charge is 0.274 e. The van der Waals surface area contributed by atoms with Crippen LogP contribution in [0.2, 0.25) is 0 Å². The third-order valence-corrected chi connectivity index (χ3v) is 6.29. The highest BCUT2D eigenvalue weighted by atomic mass is 19.1. The summed E-state index contributed by atoms with van der Waals surface area (Å²) in [5, 5.41) is 17.1. The normalized spacial score (nSPS) is 17.7. The van der Waals surface area contributed by atoms with E-state index in [-0.39, 0.29) is 23.6 Å². The molecule has 3 aromatic rings. The number of aromatic hydroxyl groups is 1. The summed E-state index contributed by atoms with van der Waals surface area (Å²) in [5.74, 6) is -1.23. The van der Waals surface area contributed by atoms with Crippen LogP contribution in [-0.2, 0) is 6.54 Å². The van der Waals surface area contributed by atoms with Crippen LogP contribution in [-0.4, -0.2) is 71.1 Å². The second kappa shape index (κ2) is 9.22. The average Bonchev–Trinajstić information content (AvgIpc) is 2.86. The molecular formula is C24H25FN6O3. The number of rotatable bonds is 0. The predicted molar refractivity (Wildman–Crippen MR) is 124 cm³/mol. The third-order valence-electron chi connectivity index (χ3n) is 6.29. The number of aromatic nitrogens is 2. The average molecular weight is 465 g/mol. The molecule has 0 atom stereocenters. The Kier molecular flexibility index (Phi) is 5.97. The van der Waals surface area contributed by atoms with E-state index in [1.54, 1.807) is 12.3 Å². The minimum Gasteiger partial charge on any atom is -0.504 e. The highest BCUT2D eigenvalue weighted by Crippen LogP contribution is 2.33. The van der Waals surface area contributed by atoms with Gasteiger partial charge in [0.05, 0.1) is 0 Å². The fourth-order valence-electron chi connectivity index (χ4n) is 4.46. The van der Waals surface area contributed by atoms with Gasteiger partial charge in [-0.3, -0.25) is 19.5 Å². The highest BCUT2D eigenvalue weighted by molar-refractivity contribution is 6.04. The first-order valence-electron chi connectivity index (χ1n) is 11.3. The van der Waals surface area contributed by atoms with E-state index in [0.29, 0.717) is 41.9 Å². The largest absolute Gasteiger partial charge is 0.504 e. The molecule has 0 saturated carbocycles. The molecule has 4 bridgehead atoms. The molecule has 3 N–H and O–H groups in total. The molecule has 0 aliphatic carbocycles. The molecule has 10 heteroatoms. The van der Waals surface area contributed by atoms with E-state index in [1.807, 2.05) is 6.07 Å². The minimum atomic E-state index is -0.607.